The van der Waals surface area contributed by atoms with Gasteiger partial charge in [-0.3, -0.25) is 9.67 Å². The van der Waals surface area contributed by atoms with E-state index in [9.17, 15) is 4.39 Å². The maximum absolute atomic E-state index is 13.1. The van der Waals surface area contributed by atoms with Crippen molar-refractivity contribution in [1.29, 1.82) is 0 Å². The first kappa shape index (κ1) is 14.4. The summed E-state index contributed by atoms with van der Waals surface area (Å²) in [7, 11) is 3.90. The van der Waals surface area contributed by atoms with Gasteiger partial charge in [-0.1, -0.05) is 0 Å². The molecular formula is C17H18FN4+. The van der Waals surface area contributed by atoms with E-state index in [4.69, 9.17) is 0 Å². The van der Waals surface area contributed by atoms with Crippen LogP contribution in [0.1, 0.15) is 5.69 Å². The topological polar surface area (TPSA) is 47.3 Å². The van der Waals surface area contributed by atoms with E-state index in [-0.39, 0.29) is 5.82 Å². The van der Waals surface area contributed by atoms with Gasteiger partial charge in [0, 0.05) is 30.6 Å². The molecule has 0 unspecified atom stereocenters. The van der Waals surface area contributed by atoms with E-state index in [1.807, 2.05) is 32.6 Å². The van der Waals surface area contributed by atoms with Crippen LogP contribution in [0.2, 0.25) is 0 Å². The summed E-state index contributed by atoms with van der Waals surface area (Å²) in [6.07, 6.45) is 3.79. The lowest BCUT2D eigenvalue weighted by atomic mass is 10.0. The Balaban J connectivity index is 2.08. The molecule has 2 heterocycles. The van der Waals surface area contributed by atoms with Crippen LogP contribution in [0.25, 0.3) is 22.4 Å². The molecule has 0 saturated heterocycles. The van der Waals surface area contributed by atoms with Crippen molar-refractivity contribution in [3.05, 3.63) is 60.3 Å². The lowest BCUT2D eigenvalue weighted by molar-refractivity contribution is -0.643. The van der Waals surface area contributed by atoms with Crippen molar-refractivity contribution in [2.24, 2.45) is 7.05 Å². The van der Waals surface area contributed by atoms with E-state index in [2.05, 4.69) is 21.5 Å². The minimum atomic E-state index is -0.245. The molecule has 0 aliphatic heterocycles. The van der Waals surface area contributed by atoms with Gasteiger partial charge in [0.05, 0.1) is 12.7 Å². The van der Waals surface area contributed by atoms with Gasteiger partial charge >= 0.3 is 0 Å². The SMILES string of the molecule is C[NH2+]Cc1cc(-c2cn(C)nc2-c2ccc(F)cc2)ccn1. The highest BCUT2D eigenvalue weighted by atomic mass is 19.1. The van der Waals surface area contributed by atoms with E-state index in [0.29, 0.717) is 0 Å². The van der Waals surface area contributed by atoms with Crippen molar-refractivity contribution in [1.82, 2.24) is 14.8 Å². The molecule has 0 aliphatic carbocycles. The summed E-state index contributed by atoms with van der Waals surface area (Å²) in [6, 6.07) is 10.5. The molecule has 0 saturated carbocycles. The highest BCUT2D eigenvalue weighted by molar-refractivity contribution is 5.80. The average Bonchev–Trinajstić information content (AvgIpc) is 2.91. The average molecular weight is 297 g/mol. The highest BCUT2D eigenvalue weighted by Crippen LogP contribution is 2.30. The van der Waals surface area contributed by atoms with Gasteiger partial charge in [-0.2, -0.15) is 5.10 Å². The highest BCUT2D eigenvalue weighted by Gasteiger charge is 2.13. The zero-order chi connectivity index (χ0) is 15.5. The molecule has 0 atom stereocenters. The number of nitrogens with zero attached hydrogens (tertiary/aromatic N) is 3. The van der Waals surface area contributed by atoms with Crippen LogP contribution in [-0.2, 0) is 13.6 Å². The van der Waals surface area contributed by atoms with Gasteiger partial charge in [0.1, 0.15) is 18.1 Å². The molecular weight excluding hydrogens is 279 g/mol. The van der Waals surface area contributed by atoms with Crippen LogP contribution in [0, 0.1) is 5.82 Å². The molecule has 0 fully saturated rings. The number of quaternary nitrogens is 1. The number of halogens is 1. The van der Waals surface area contributed by atoms with Crippen molar-refractivity contribution in [3.63, 3.8) is 0 Å². The van der Waals surface area contributed by atoms with Gasteiger partial charge < -0.3 is 5.32 Å². The largest absolute Gasteiger partial charge is 0.344 e. The molecule has 22 heavy (non-hydrogen) atoms. The number of nitrogens with two attached hydrogens (primary N) is 1. The second-order valence-corrected chi connectivity index (χ2v) is 5.22. The number of aryl methyl sites for hydroxylation is 1. The maximum atomic E-state index is 13.1. The molecule has 0 spiro atoms. The Morgan fingerprint density at radius 2 is 1.91 bits per heavy atom. The van der Waals surface area contributed by atoms with Crippen LogP contribution in [0.3, 0.4) is 0 Å². The predicted molar refractivity (Wildman–Crippen MR) is 83.4 cm³/mol. The van der Waals surface area contributed by atoms with Crippen LogP contribution in [0.4, 0.5) is 4.39 Å². The molecule has 3 rings (SSSR count). The third-order valence-corrected chi connectivity index (χ3v) is 3.49. The minimum absolute atomic E-state index is 0.245. The molecule has 1 aromatic carbocycles. The van der Waals surface area contributed by atoms with Crippen LogP contribution in [0.5, 0.6) is 0 Å². The number of rotatable bonds is 4. The second kappa shape index (κ2) is 6.07. The van der Waals surface area contributed by atoms with Crippen molar-refractivity contribution >= 4 is 0 Å². The van der Waals surface area contributed by atoms with Gasteiger partial charge in [-0.05, 0) is 42.0 Å². The van der Waals surface area contributed by atoms with E-state index in [1.165, 1.54) is 12.1 Å². The van der Waals surface area contributed by atoms with Gasteiger partial charge in [0.2, 0.25) is 0 Å². The summed E-state index contributed by atoms with van der Waals surface area (Å²) in [5.74, 6) is -0.245. The number of hydrogen-bond acceptors (Lipinski definition) is 2. The van der Waals surface area contributed by atoms with Crippen molar-refractivity contribution in [2.45, 2.75) is 6.54 Å². The van der Waals surface area contributed by atoms with Gasteiger partial charge in [0.25, 0.3) is 0 Å². The normalized spacial score (nSPS) is 10.9. The fourth-order valence-corrected chi connectivity index (χ4v) is 2.49. The minimum Gasteiger partial charge on any atom is -0.344 e. The Kier molecular flexibility index (Phi) is 3.98. The molecule has 2 aromatic heterocycles. The van der Waals surface area contributed by atoms with Crippen LogP contribution in [0.15, 0.2) is 48.8 Å². The van der Waals surface area contributed by atoms with Crippen molar-refractivity contribution in [3.8, 4) is 22.4 Å². The Morgan fingerprint density at radius 1 is 1.14 bits per heavy atom. The fourth-order valence-electron chi connectivity index (χ4n) is 2.49. The van der Waals surface area contributed by atoms with E-state index >= 15 is 0 Å². The number of pyridine rings is 1. The number of benzene rings is 1. The molecule has 0 radical (unpaired) electrons. The zero-order valence-electron chi connectivity index (χ0n) is 12.6. The van der Waals surface area contributed by atoms with E-state index < -0.39 is 0 Å². The monoisotopic (exact) mass is 297 g/mol. The summed E-state index contributed by atoms with van der Waals surface area (Å²) in [5, 5.41) is 6.61. The molecule has 0 amide bonds. The Bertz CT molecular complexity index is 778. The third kappa shape index (κ3) is 2.89. The van der Waals surface area contributed by atoms with Gasteiger partial charge in [-0.15, -0.1) is 0 Å². The zero-order valence-corrected chi connectivity index (χ0v) is 12.6. The predicted octanol–water partition coefficient (Wildman–Crippen LogP) is 1.98. The first-order valence-electron chi connectivity index (χ1n) is 7.20. The van der Waals surface area contributed by atoms with Crippen LogP contribution in [-0.4, -0.2) is 21.8 Å². The Labute approximate surface area is 128 Å². The molecule has 3 aromatic rings. The Morgan fingerprint density at radius 3 is 2.64 bits per heavy atom. The van der Waals surface area contributed by atoms with Crippen LogP contribution < -0.4 is 5.32 Å². The van der Waals surface area contributed by atoms with Crippen molar-refractivity contribution in [2.75, 3.05) is 7.05 Å². The van der Waals surface area contributed by atoms with Crippen LogP contribution >= 0.6 is 0 Å². The summed E-state index contributed by atoms with van der Waals surface area (Å²) in [4.78, 5) is 4.37. The molecule has 4 nitrogen and oxygen atoms in total. The summed E-state index contributed by atoms with van der Waals surface area (Å²) < 4.78 is 14.9. The lowest BCUT2D eigenvalue weighted by Gasteiger charge is -2.04. The van der Waals surface area contributed by atoms with Gasteiger partial charge in [-0.25, -0.2) is 4.39 Å². The molecule has 112 valence electrons. The molecule has 5 heteroatoms. The van der Waals surface area contributed by atoms with E-state index in [0.717, 1.165) is 34.6 Å². The smallest absolute Gasteiger partial charge is 0.123 e. The first-order chi connectivity index (χ1) is 10.7. The quantitative estimate of drug-likeness (QED) is 0.800. The summed E-state index contributed by atoms with van der Waals surface area (Å²) in [6.45, 7) is 0.833. The standard InChI is InChI=1S/C17H17FN4/c1-19-10-15-9-13(7-8-20-15)16-11-22(2)21-17(16)12-3-5-14(18)6-4-12/h3-9,11,19H,10H2,1-2H3/p+1. The molecule has 0 aliphatic rings. The third-order valence-electron chi connectivity index (χ3n) is 3.49. The van der Waals surface area contributed by atoms with Gasteiger partial charge in [0.15, 0.2) is 0 Å². The maximum Gasteiger partial charge on any atom is 0.123 e. The number of aromatic nitrogens is 3. The Hall–Kier alpha value is -2.53. The summed E-state index contributed by atoms with van der Waals surface area (Å²) in [5.41, 5.74) is 4.86. The van der Waals surface area contributed by atoms with E-state index in [1.54, 1.807) is 16.8 Å². The van der Waals surface area contributed by atoms with Crippen molar-refractivity contribution < 1.29 is 9.71 Å². The lowest BCUT2D eigenvalue weighted by Crippen LogP contribution is -2.77. The first-order valence-corrected chi connectivity index (χ1v) is 7.20. The number of hydrogen-bond donors (Lipinski definition) is 1. The molecule has 2 N–H and O–H groups in total. The second-order valence-electron chi connectivity index (χ2n) is 5.22. The molecule has 0 bridgehead atoms. The fraction of sp³-hybridized carbons (Fsp3) is 0.176. The summed E-state index contributed by atoms with van der Waals surface area (Å²) >= 11 is 0.